The predicted molar refractivity (Wildman–Crippen MR) is 88.0 cm³/mol. The summed E-state index contributed by atoms with van der Waals surface area (Å²) in [5, 5.41) is 3.55. The summed E-state index contributed by atoms with van der Waals surface area (Å²) in [5.41, 5.74) is 1.16. The van der Waals surface area contributed by atoms with Gasteiger partial charge in [-0.15, -0.1) is 11.3 Å². The van der Waals surface area contributed by atoms with Crippen LogP contribution in [0.4, 0.5) is 5.69 Å². The summed E-state index contributed by atoms with van der Waals surface area (Å²) >= 11 is 1.59. The number of thiophene rings is 1. The maximum atomic E-state index is 12.4. The molecule has 1 aliphatic rings. The van der Waals surface area contributed by atoms with Gasteiger partial charge in [0, 0.05) is 29.7 Å². The molecule has 1 amide bonds. The van der Waals surface area contributed by atoms with Gasteiger partial charge in [-0.1, -0.05) is 18.2 Å². The molecule has 2 heterocycles. The van der Waals surface area contributed by atoms with Crippen molar-refractivity contribution in [3.8, 4) is 0 Å². The Morgan fingerprint density at radius 1 is 1.14 bits per heavy atom. The minimum absolute atomic E-state index is 0.186. The number of para-hydroxylation sites is 1. The van der Waals surface area contributed by atoms with Gasteiger partial charge in [-0.3, -0.25) is 4.79 Å². The average molecular weight is 300 g/mol. The zero-order chi connectivity index (χ0) is 14.7. The van der Waals surface area contributed by atoms with Crippen LogP contribution in [0.15, 0.2) is 42.5 Å². The molecule has 1 N–H and O–H groups in total. The molecule has 0 radical (unpaired) electrons. The number of benzene rings is 1. The first-order valence-electron chi connectivity index (χ1n) is 7.39. The molecule has 0 unspecified atom stereocenters. The number of piperidine rings is 1. The summed E-state index contributed by atoms with van der Waals surface area (Å²) in [4.78, 5) is 16.4. The second kappa shape index (κ2) is 6.31. The van der Waals surface area contributed by atoms with Gasteiger partial charge >= 0.3 is 0 Å². The van der Waals surface area contributed by atoms with Crippen molar-refractivity contribution in [2.75, 3.05) is 18.4 Å². The number of hydrogen-bond donors (Lipinski definition) is 1. The highest BCUT2D eigenvalue weighted by atomic mass is 32.1. The molecule has 3 nitrogen and oxygen atoms in total. The van der Waals surface area contributed by atoms with Gasteiger partial charge in [0.15, 0.2) is 0 Å². The van der Waals surface area contributed by atoms with Crippen LogP contribution < -0.4 is 5.32 Å². The molecular weight excluding hydrogens is 280 g/mol. The van der Waals surface area contributed by atoms with Crippen LogP contribution in [0.2, 0.25) is 0 Å². The Balaban J connectivity index is 1.54. The van der Waals surface area contributed by atoms with Crippen molar-refractivity contribution in [3.05, 3.63) is 52.2 Å². The van der Waals surface area contributed by atoms with E-state index in [1.54, 1.807) is 11.3 Å². The molecule has 1 saturated heterocycles. The number of amides is 1. The zero-order valence-electron chi connectivity index (χ0n) is 12.2. The van der Waals surface area contributed by atoms with Crippen LogP contribution in [0.3, 0.4) is 0 Å². The van der Waals surface area contributed by atoms with E-state index in [9.17, 15) is 4.79 Å². The molecule has 0 saturated carbocycles. The molecule has 1 fully saturated rings. The largest absolute Gasteiger partial charge is 0.382 e. The molecule has 1 aliphatic heterocycles. The Bertz CT molecular complexity index is 600. The number of anilines is 1. The third kappa shape index (κ3) is 3.45. The van der Waals surface area contributed by atoms with Crippen molar-refractivity contribution in [3.63, 3.8) is 0 Å². The van der Waals surface area contributed by atoms with Crippen LogP contribution in [0.5, 0.6) is 0 Å². The molecule has 0 bridgehead atoms. The highest BCUT2D eigenvalue weighted by molar-refractivity contribution is 7.13. The number of hydrogen-bond acceptors (Lipinski definition) is 3. The van der Waals surface area contributed by atoms with E-state index in [2.05, 4.69) is 17.4 Å². The molecule has 0 spiro atoms. The van der Waals surface area contributed by atoms with Gasteiger partial charge in [-0.2, -0.15) is 0 Å². The highest BCUT2D eigenvalue weighted by Gasteiger charge is 2.24. The quantitative estimate of drug-likeness (QED) is 0.935. The summed E-state index contributed by atoms with van der Waals surface area (Å²) in [6.07, 6.45) is 2.01. The number of carbonyl (C=O) groups excluding carboxylic acids is 1. The lowest BCUT2D eigenvalue weighted by Crippen LogP contribution is -2.42. The minimum atomic E-state index is 0.186. The fraction of sp³-hybridized carbons (Fsp3) is 0.353. The first-order chi connectivity index (χ1) is 10.2. The van der Waals surface area contributed by atoms with Gasteiger partial charge in [0.25, 0.3) is 5.91 Å². The van der Waals surface area contributed by atoms with E-state index in [1.807, 2.05) is 42.2 Å². The maximum absolute atomic E-state index is 12.4. The van der Waals surface area contributed by atoms with E-state index in [0.717, 1.165) is 36.5 Å². The highest BCUT2D eigenvalue weighted by Crippen LogP contribution is 2.21. The van der Waals surface area contributed by atoms with E-state index in [4.69, 9.17) is 0 Å². The Hall–Kier alpha value is -1.81. The zero-order valence-corrected chi connectivity index (χ0v) is 13.0. The molecule has 4 heteroatoms. The molecule has 1 aromatic heterocycles. The molecule has 3 rings (SSSR count). The predicted octanol–water partition coefficient (Wildman–Crippen LogP) is 3.77. The normalized spacial score (nSPS) is 16.0. The Morgan fingerprint density at radius 3 is 2.48 bits per heavy atom. The van der Waals surface area contributed by atoms with Crippen LogP contribution in [0, 0.1) is 6.92 Å². The Morgan fingerprint density at radius 2 is 1.86 bits per heavy atom. The summed E-state index contributed by atoms with van der Waals surface area (Å²) in [7, 11) is 0. The number of rotatable bonds is 3. The van der Waals surface area contributed by atoms with Crippen molar-refractivity contribution in [1.82, 2.24) is 4.90 Å². The second-order valence-corrected chi connectivity index (χ2v) is 6.78. The Labute approximate surface area is 129 Å². The minimum Gasteiger partial charge on any atom is -0.382 e. The topological polar surface area (TPSA) is 32.3 Å². The van der Waals surface area contributed by atoms with Crippen LogP contribution >= 0.6 is 11.3 Å². The van der Waals surface area contributed by atoms with Crippen molar-refractivity contribution in [1.29, 1.82) is 0 Å². The molecule has 21 heavy (non-hydrogen) atoms. The monoisotopic (exact) mass is 300 g/mol. The standard InChI is InChI=1S/C17H20N2OS/c1-13-7-8-16(21-13)17(20)19-11-9-15(10-12-19)18-14-5-3-2-4-6-14/h2-8,15,18H,9-12H2,1H3. The fourth-order valence-corrected chi connectivity index (χ4v) is 3.54. The van der Waals surface area contributed by atoms with Gasteiger partial charge in [0.05, 0.1) is 4.88 Å². The lowest BCUT2D eigenvalue weighted by Gasteiger charge is -2.32. The second-order valence-electron chi connectivity index (χ2n) is 5.49. The van der Waals surface area contributed by atoms with Crippen molar-refractivity contribution in [2.45, 2.75) is 25.8 Å². The van der Waals surface area contributed by atoms with E-state index in [0.29, 0.717) is 6.04 Å². The summed E-state index contributed by atoms with van der Waals surface area (Å²) in [6, 6.07) is 14.7. The summed E-state index contributed by atoms with van der Waals surface area (Å²) < 4.78 is 0. The van der Waals surface area contributed by atoms with Gasteiger partial charge < -0.3 is 10.2 Å². The van der Waals surface area contributed by atoms with Gasteiger partial charge in [-0.05, 0) is 44.0 Å². The van der Waals surface area contributed by atoms with Crippen molar-refractivity contribution < 1.29 is 4.79 Å². The lowest BCUT2D eigenvalue weighted by atomic mass is 10.0. The van der Waals surface area contributed by atoms with E-state index < -0.39 is 0 Å². The fourth-order valence-electron chi connectivity index (χ4n) is 2.70. The number of aryl methyl sites for hydroxylation is 1. The molecular formula is C17H20N2OS. The lowest BCUT2D eigenvalue weighted by molar-refractivity contribution is 0.0723. The van der Waals surface area contributed by atoms with Crippen LogP contribution in [0.25, 0.3) is 0 Å². The number of nitrogens with one attached hydrogen (secondary N) is 1. The molecule has 1 aromatic carbocycles. The van der Waals surface area contributed by atoms with E-state index in [1.165, 1.54) is 4.88 Å². The average Bonchev–Trinajstić information content (AvgIpc) is 2.95. The third-order valence-corrected chi connectivity index (χ3v) is 4.87. The number of carbonyl (C=O) groups is 1. The van der Waals surface area contributed by atoms with E-state index >= 15 is 0 Å². The SMILES string of the molecule is Cc1ccc(C(=O)N2CCC(Nc3ccccc3)CC2)s1. The van der Waals surface area contributed by atoms with Crippen molar-refractivity contribution in [2.24, 2.45) is 0 Å². The smallest absolute Gasteiger partial charge is 0.263 e. The van der Waals surface area contributed by atoms with Crippen LogP contribution in [-0.4, -0.2) is 29.9 Å². The molecule has 2 aromatic rings. The van der Waals surface area contributed by atoms with Crippen LogP contribution in [-0.2, 0) is 0 Å². The summed E-state index contributed by atoms with van der Waals surface area (Å²) in [5.74, 6) is 0.186. The van der Waals surface area contributed by atoms with E-state index in [-0.39, 0.29) is 5.91 Å². The molecule has 0 aliphatic carbocycles. The number of likely N-dealkylation sites (tertiary alicyclic amines) is 1. The van der Waals surface area contributed by atoms with Crippen molar-refractivity contribution >= 4 is 22.9 Å². The maximum Gasteiger partial charge on any atom is 0.263 e. The van der Waals surface area contributed by atoms with Gasteiger partial charge in [0.1, 0.15) is 0 Å². The Kier molecular flexibility index (Phi) is 4.25. The van der Waals surface area contributed by atoms with Gasteiger partial charge in [-0.25, -0.2) is 0 Å². The first-order valence-corrected chi connectivity index (χ1v) is 8.21. The van der Waals surface area contributed by atoms with Crippen LogP contribution in [0.1, 0.15) is 27.4 Å². The third-order valence-electron chi connectivity index (χ3n) is 3.88. The molecule has 110 valence electrons. The summed E-state index contributed by atoms with van der Waals surface area (Å²) in [6.45, 7) is 3.71. The molecule has 0 atom stereocenters. The first kappa shape index (κ1) is 14.1. The van der Waals surface area contributed by atoms with Gasteiger partial charge in [0.2, 0.25) is 0 Å². The number of nitrogens with zero attached hydrogens (tertiary/aromatic N) is 1.